The highest BCUT2D eigenvalue weighted by Gasteiger charge is 2.15. The molecule has 0 saturated carbocycles. The first-order chi connectivity index (χ1) is 8.36. The highest BCUT2D eigenvalue weighted by molar-refractivity contribution is 5.45. The van der Waals surface area contributed by atoms with Gasteiger partial charge >= 0.3 is 0 Å². The van der Waals surface area contributed by atoms with E-state index in [0.29, 0.717) is 5.92 Å². The molecule has 102 valence electrons. The van der Waals surface area contributed by atoms with Crippen LogP contribution in [-0.2, 0) is 0 Å². The van der Waals surface area contributed by atoms with Gasteiger partial charge < -0.3 is 10.5 Å². The fraction of sp³-hybridized carbons (Fsp3) is 0.625. The van der Waals surface area contributed by atoms with Gasteiger partial charge in [0, 0.05) is 6.04 Å². The maximum Gasteiger partial charge on any atom is 0.123 e. The van der Waals surface area contributed by atoms with Crippen LogP contribution in [0.1, 0.15) is 69.7 Å². The van der Waals surface area contributed by atoms with Crippen molar-refractivity contribution in [2.24, 2.45) is 5.73 Å². The van der Waals surface area contributed by atoms with Gasteiger partial charge in [0.25, 0.3) is 0 Å². The van der Waals surface area contributed by atoms with Crippen LogP contribution in [0.4, 0.5) is 0 Å². The van der Waals surface area contributed by atoms with Crippen molar-refractivity contribution in [2.45, 2.75) is 66.0 Å². The van der Waals surface area contributed by atoms with Crippen LogP contribution < -0.4 is 10.5 Å². The summed E-state index contributed by atoms with van der Waals surface area (Å²) < 4.78 is 5.92. The predicted molar refractivity (Wildman–Crippen MR) is 78.3 cm³/mol. The average Bonchev–Trinajstić information content (AvgIpc) is 2.27. The van der Waals surface area contributed by atoms with Gasteiger partial charge in [-0.2, -0.15) is 0 Å². The van der Waals surface area contributed by atoms with E-state index in [1.807, 2.05) is 0 Å². The average molecular weight is 249 g/mol. The smallest absolute Gasteiger partial charge is 0.123 e. The second-order valence-corrected chi connectivity index (χ2v) is 5.58. The molecule has 2 nitrogen and oxygen atoms in total. The molecule has 0 saturated heterocycles. The van der Waals surface area contributed by atoms with E-state index in [9.17, 15) is 0 Å². The van der Waals surface area contributed by atoms with Crippen LogP contribution in [0.25, 0.3) is 0 Å². The van der Waals surface area contributed by atoms with E-state index in [-0.39, 0.29) is 12.1 Å². The molecular weight excluding hydrogens is 222 g/mol. The molecule has 1 unspecified atom stereocenters. The van der Waals surface area contributed by atoms with Crippen molar-refractivity contribution >= 4 is 0 Å². The maximum atomic E-state index is 6.17. The third kappa shape index (κ3) is 3.49. The van der Waals surface area contributed by atoms with Crippen LogP contribution >= 0.6 is 0 Å². The summed E-state index contributed by atoms with van der Waals surface area (Å²) in [5.74, 6) is 1.45. The minimum Gasteiger partial charge on any atom is -0.491 e. The summed E-state index contributed by atoms with van der Waals surface area (Å²) in [5, 5.41) is 0. The number of nitrogens with two attached hydrogens (primary N) is 1. The van der Waals surface area contributed by atoms with E-state index in [1.54, 1.807) is 0 Å². The van der Waals surface area contributed by atoms with Gasteiger partial charge in [-0.25, -0.2) is 0 Å². The Morgan fingerprint density at radius 3 is 2.17 bits per heavy atom. The van der Waals surface area contributed by atoms with Gasteiger partial charge in [-0.05, 0) is 55.9 Å². The summed E-state index contributed by atoms with van der Waals surface area (Å²) in [6, 6.07) is 4.49. The van der Waals surface area contributed by atoms with Gasteiger partial charge in [0.05, 0.1) is 6.10 Å². The molecule has 2 heteroatoms. The molecule has 1 aromatic carbocycles. The maximum absolute atomic E-state index is 6.17. The number of hydrogen-bond acceptors (Lipinski definition) is 2. The first-order valence-corrected chi connectivity index (χ1v) is 6.93. The molecule has 0 aliphatic heterocycles. The van der Waals surface area contributed by atoms with Crippen LogP contribution in [0.2, 0.25) is 0 Å². The van der Waals surface area contributed by atoms with Gasteiger partial charge in [-0.15, -0.1) is 0 Å². The zero-order valence-corrected chi connectivity index (χ0v) is 12.6. The number of hydrogen-bond donors (Lipinski definition) is 1. The van der Waals surface area contributed by atoms with Gasteiger partial charge in [0.2, 0.25) is 0 Å². The van der Waals surface area contributed by atoms with Crippen molar-refractivity contribution in [3.63, 3.8) is 0 Å². The van der Waals surface area contributed by atoms with Gasteiger partial charge in [-0.3, -0.25) is 0 Å². The van der Waals surface area contributed by atoms with E-state index >= 15 is 0 Å². The molecule has 2 N–H and O–H groups in total. The Bertz CT molecular complexity index is 396. The summed E-state index contributed by atoms with van der Waals surface area (Å²) in [7, 11) is 0. The summed E-state index contributed by atoms with van der Waals surface area (Å²) >= 11 is 0. The Morgan fingerprint density at radius 2 is 1.72 bits per heavy atom. The Labute approximate surface area is 112 Å². The third-order valence-electron chi connectivity index (χ3n) is 3.22. The molecule has 0 aliphatic rings. The Hall–Kier alpha value is -1.02. The van der Waals surface area contributed by atoms with E-state index in [4.69, 9.17) is 10.5 Å². The van der Waals surface area contributed by atoms with E-state index in [1.165, 1.54) is 16.7 Å². The predicted octanol–water partition coefficient (Wildman–Crippen LogP) is 4.32. The minimum absolute atomic E-state index is 0.121. The van der Waals surface area contributed by atoms with E-state index in [2.05, 4.69) is 53.7 Å². The molecule has 0 radical (unpaired) electrons. The molecule has 1 atom stereocenters. The normalized spacial score (nSPS) is 13.2. The topological polar surface area (TPSA) is 35.2 Å². The summed E-state index contributed by atoms with van der Waals surface area (Å²) in [6.45, 7) is 12.7. The quantitative estimate of drug-likeness (QED) is 0.843. The number of aryl methyl sites for hydroxylation is 1. The van der Waals surface area contributed by atoms with Crippen LogP contribution in [0.5, 0.6) is 5.75 Å². The highest BCUT2D eigenvalue weighted by Crippen LogP contribution is 2.33. The number of benzene rings is 1. The molecule has 18 heavy (non-hydrogen) atoms. The van der Waals surface area contributed by atoms with Crippen molar-refractivity contribution in [1.82, 2.24) is 0 Å². The molecular formula is C16H27NO. The highest BCUT2D eigenvalue weighted by atomic mass is 16.5. The van der Waals surface area contributed by atoms with Crippen LogP contribution in [0, 0.1) is 6.92 Å². The molecule has 0 aromatic heterocycles. The molecule has 0 aliphatic carbocycles. The van der Waals surface area contributed by atoms with Crippen molar-refractivity contribution < 1.29 is 4.74 Å². The van der Waals surface area contributed by atoms with Gasteiger partial charge in [0.15, 0.2) is 0 Å². The van der Waals surface area contributed by atoms with Gasteiger partial charge in [0.1, 0.15) is 5.75 Å². The summed E-state index contributed by atoms with van der Waals surface area (Å²) in [5.41, 5.74) is 9.91. The number of rotatable bonds is 5. The molecule has 0 spiro atoms. The van der Waals surface area contributed by atoms with Crippen molar-refractivity contribution in [1.29, 1.82) is 0 Å². The molecule has 0 amide bonds. The van der Waals surface area contributed by atoms with Crippen LogP contribution in [-0.4, -0.2) is 6.10 Å². The largest absolute Gasteiger partial charge is 0.491 e. The molecule has 1 rings (SSSR count). The zero-order valence-electron chi connectivity index (χ0n) is 12.6. The minimum atomic E-state index is 0.121. The first-order valence-electron chi connectivity index (χ1n) is 6.93. The SMILES string of the molecule is CCC(N)c1cc(C(C)C)c(OC(C)C)cc1C. The lowest BCUT2D eigenvalue weighted by molar-refractivity contribution is 0.239. The first kappa shape index (κ1) is 15.0. The fourth-order valence-electron chi connectivity index (χ4n) is 2.14. The van der Waals surface area contributed by atoms with Crippen molar-refractivity contribution in [3.05, 3.63) is 28.8 Å². The van der Waals surface area contributed by atoms with E-state index < -0.39 is 0 Å². The molecule has 0 fully saturated rings. The summed E-state index contributed by atoms with van der Waals surface area (Å²) in [6.07, 6.45) is 1.16. The summed E-state index contributed by atoms with van der Waals surface area (Å²) in [4.78, 5) is 0. The van der Waals surface area contributed by atoms with Crippen molar-refractivity contribution in [2.75, 3.05) is 0 Å². The molecule has 1 aromatic rings. The lowest BCUT2D eigenvalue weighted by Gasteiger charge is -2.21. The van der Waals surface area contributed by atoms with Crippen molar-refractivity contribution in [3.8, 4) is 5.75 Å². The molecule has 0 heterocycles. The third-order valence-corrected chi connectivity index (χ3v) is 3.22. The van der Waals surface area contributed by atoms with E-state index in [0.717, 1.165) is 12.2 Å². The zero-order chi connectivity index (χ0) is 13.9. The van der Waals surface area contributed by atoms with Crippen LogP contribution in [0.3, 0.4) is 0 Å². The Balaban J connectivity index is 3.25. The second-order valence-electron chi connectivity index (χ2n) is 5.58. The second kappa shape index (κ2) is 6.24. The lowest BCUT2D eigenvalue weighted by Crippen LogP contribution is -2.13. The lowest BCUT2D eigenvalue weighted by atomic mass is 9.92. The Kier molecular flexibility index (Phi) is 5.21. The van der Waals surface area contributed by atoms with Crippen LogP contribution in [0.15, 0.2) is 12.1 Å². The monoisotopic (exact) mass is 249 g/mol. The standard InChI is InChI=1S/C16H27NO/c1-7-15(17)14-9-13(10(2)3)16(8-12(14)6)18-11(4)5/h8-11,15H,7,17H2,1-6H3. The van der Waals surface area contributed by atoms with Gasteiger partial charge in [-0.1, -0.05) is 26.8 Å². The Morgan fingerprint density at radius 1 is 1.11 bits per heavy atom. The number of ether oxygens (including phenoxy) is 1. The fourth-order valence-corrected chi connectivity index (χ4v) is 2.14. The molecule has 0 bridgehead atoms.